The zero-order chi connectivity index (χ0) is 15.3. The van der Waals surface area contributed by atoms with Gasteiger partial charge in [-0.2, -0.15) is 4.31 Å². The zero-order valence-corrected chi connectivity index (χ0v) is 13.2. The van der Waals surface area contributed by atoms with Crippen molar-refractivity contribution in [1.82, 2.24) is 4.31 Å². The summed E-state index contributed by atoms with van der Waals surface area (Å²) >= 11 is 0. The van der Waals surface area contributed by atoms with Crippen LogP contribution in [0.25, 0.3) is 0 Å². The molecule has 112 valence electrons. The summed E-state index contributed by atoms with van der Waals surface area (Å²) in [7, 11) is -3.44. The number of benzene rings is 1. The molecule has 0 aliphatic carbocycles. The molecule has 0 radical (unpaired) electrons. The van der Waals surface area contributed by atoms with Gasteiger partial charge in [-0.15, -0.1) is 0 Å². The van der Waals surface area contributed by atoms with Crippen LogP contribution in [0.2, 0.25) is 0 Å². The Kier molecular flexibility index (Phi) is 5.71. The Morgan fingerprint density at radius 1 is 1.20 bits per heavy atom. The molecule has 0 saturated heterocycles. The molecule has 0 saturated carbocycles. The largest absolute Gasteiger partial charge is 0.624 e. The Hall–Kier alpha value is -1.40. The van der Waals surface area contributed by atoms with Crippen molar-refractivity contribution in [2.75, 3.05) is 13.1 Å². The van der Waals surface area contributed by atoms with Crippen molar-refractivity contribution in [3.8, 4) is 0 Å². The van der Waals surface area contributed by atoms with Crippen LogP contribution in [0.5, 0.6) is 0 Å². The molecule has 0 aliphatic rings. The van der Waals surface area contributed by atoms with Crippen molar-refractivity contribution in [2.45, 2.75) is 38.6 Å². The first-order valence-corrected chi connectivity index (χ1v) is 8.17. The second-order valence-corrected chi connectivity index (χ2v) is 6.68. The van der Waals surface area contributed by atoms with Crippen molar-refractivity contribution in [1.29, 1.82) is 0 Å². The molecule has 0 amide bonds. The Labute approximate surface area is 121 Å². The predicted octanol–water partition coefficient (Wildman–Crippen LogP) is 2.05. The number of rotatable bonds is 6. The quantitative estimate of drug-likeness (QED) is 0.349. The van der Waals surface area contributed by atoms with Crippen molar-refractivity contribution in [2.24, 2.45) is 0 Å². The number of hydroxylamine groups is 1. The lowest BCUT2D eigenvalue weighted by Crippen LogP contribution is -2.30. The molecule has 0 aromatic heterocycles. The number of sulfonamides is 1. The number of hydrogen-bond donors (Lipinski definition) is 0. The third-order valence-electron chi connectivity index (χ3n) is 3.01. The van der Waals surface area contributed by atoms with Gasteiger partial charge in [-0.05, 0) is 38.1 Å². The van der Waals surface area contributed by atoms with E-state index in [9.17, 15) is 13.6 Å². The molecule has 0 heterocycles. The molecule has 0 aliphatic heterocycles. The molecule has 1 aromatic carbocycles. The van der Waals surface area contributed by atoms with Crippen LogP contribution < -0.4 is 0 Å². The normalized spacial score (nSPS) is 13.2. The summed E-state index contributed by atoms with van der Waals surface area (Å²) in [6.07, 6.45) is 1.46. The first-order chi connectivity index (χ1) is 9.32. The second kappa shape index (κ2) is 6.85. The van der Waals surface area contributed by atoms with Crippen LogP contribution in [0.1, 0.15) is 33.3 Å². The van der Waals surface area contributed by atoms with Crippen LogP contribution in [0.3, 0.4) is 0 Å². The molecule has 20 heavy (non-hydrogen) atoms. The molecule has 0 bridgehead atoms. The van der Waals surface area contributed by atoms with Gasteiger partial charge in [0, 0.05) is 18.7 Å². The molecule has 1 rings (SSSR count). The van der Waals surface area contributed by atoms with Gasteiger partial charge in [-0.3, -0.25) is 0 Å². The highest BCUT2D eigenvalue weighted by atomic mass is 32.2. The summed E-state index contributed by atoms with van der Waals surface area (Å²) in [5, 5.41) is 11.5. The van der Waals surface area contributed by atoms with Crippen LogP contribution >= 0.6 is 0 Å². The minimum absolute atomic E-state index is 0.144. The van der Waals surface area contributed by atoms with E-state index in [1.54, 1.807) is 39.8 Å². The SMILES string of the molecule is CCN(CC)S(=O)(=O)c1ccc(/C=[N+](\[O-])C(C)C)cc1. The highest BCUT2D eigenvalue weighted by Crippen LogP contribution is 2.15. The summed E-state index contributed by atoms with van der Waals surface area (Å²) in [5.41, 5.74) is 0.687. The maximum atomic E-state index is 12.3. The third-order valence-corrected chi connectivity index (χ3v) is 5.07. The summed E-state index contributed by atoms with van der Waals surface area (Å²) in [5.74, 6) is 0. The van der Waals surface area contributed by atoms with E-state index in [1.807, 2.05) is 0 Å². The fraction of sp³-hybridized carbons (Fsp3) is 0.500. The lowest BCUT2D eigenvalue weighted by Gasteiger charge is -2.18. The minimum atomic E-state index is -3.44. The van der Waals surface area contributed by atoms with Gasteiger partial charge in [0.15, 0.2) is 12.3 Å². The fourth-order valence-corrected chi connectivity index (χ4v) is 3.19. The molecular formula is C14H22N2O3S. The van der Waals surface area contributed by atoms with Crippen LogP contribution in [0.15, 0.2) is 29.2 Å². The predicted molar refractivity (Wildman–Crippen MR) is 80.5 cm³/mol. The van der Waals surface area contributed by atoms with Gasteiger partial charge in [0.2, 0.25) is 10.0 Å². The Balaban J connectivity index is 3.06. The van der Waals surface area contributed by atoms with E-state index in [2.05, 4.69) is 0 Å². The zero-order valence-electron chi connectivity index (χ0n) is 12.4. The lowest BCUT2D eigenvalue weighted by atomic mass is 10.2. The first kappa shape index (κ1) is 16.7. The van der Waals surface area contributed by atoms with Gasteiger partial charge in [-0.1, -0.05) is 13.8 Å². The highest BCUT2D eigenvalue weighted by Gasteiger charge is 2.21. The van der Waals surface area contributed by atoms with E-state index in [0.717, 1.165) is 4.74 Å². The molecule has 5 nitrogen and oxygen atoms in total. The first-order valence-electron chi connectivity index (χ1n) is 6.73. The van der Waals surface area contributed by atoms with Gasteiger partial charge in [0.1, 0.15) is 0 Å². The van der Waals surface area contributed by atoms with E-state index in [4.69, 9.17) is 0 Å². The molecule has 6 heteroatoms. The van der Waals surface area contributed by atoms with E-state index in [1.165, 1.54) is 22.7 Å². The Morgan fingerprint density at radius 2 is 1.70 bits per heavy atom. The summed E-state index contributed by atoms with van der Waals surface area (Å²) in [4.78, 5) is 0.250. The van der Waals surface area contributed by atoms with Crippen molar-refractivity contribution >= 4 is 16.2 Å². The number of nitrogens with zero attached hydrogens (tertiary/aromatic N) is 2. The molecule has 1 aromatic rings. The third kappa shape index (κ3) is 3.80. The second-order valence-electron chi connectivity index (χ2n) is 4.74. The summed E-state index contributed by atoms with van der Waals surface area (Å²) in [6.45, 7) is 8.08. The smallest absolute Gasteiger partial charge is 0.243 e. The molecule has 0 unspecified atom stereocenters. The van der Waals surface area contributed by atoms with E-state index in [0.29, 0.717) is 18.7 Å². The Morgan fingerprint density at radius 3 is 2.10 bits per heavy atom. The number of hydrogen-bond acceptors (Lipinski definition) is 3. The van der Waals surface area contributed by atoms with Gasteiger partial charge in [-0.25, -0.2) is 13.2 Å². The maximum absolute atomic E-state index is 12.3. The molecule has 0 fully saturated rings. The summed E-state index contributed by atoms with van der Waals surface area (Å²) < 4.78 is 26.8. The maximum Gasteiger partial charge on any atom is 0.243 e. The van der Waals surface area contributed by atoms with Gasteiger partial charge in [0.05, 0.1) is 4.90 Å². The summed E-state index contributed by atoms with van der Waals surface area (Å²) in [6, 6.07) is 6.21. The highest BCUT2D eigenvalue weighted by molar-refractivity contribution is 7.89. The van der Waals surface area contributed by atoms with Crippen LogP contribution in [-0.4, -0.2) is 42.8 Å². The Bertz CT molecular complexity index is 559. The molecule has 0 atom stereocenters. The monoisotopic (exact) mass is 298 g/mol. The van der Waals surface area contributed by atoms with Gasteiger partial charge < -0.3 is 5.21 Å². The average molecular weight is 298 g/mol. The average Bonchev–Trinajstić information content (AvgIpc) is 2.40. The molecular weight excluding hydrogens is 276 g/mol. The van der Waals surface area contributed by atoms with E-state index in [-0.39, 0.29) is 10.9 Å². The van der Waals surface area contributed by atoms with Crippen molar-refractivity contribution in [3.63, 3.8) is 0 Å². The van der Waals surface area contributed by atoms with Crippen LogP contribution in [0, 0.1) is 5.21 Å². The van der Waals surface area contributed by atoms with Crippen molar-refractivity contribution in [3.05, 3.63) is 35.0 Å². The van der Waals surface area contributed by atoms with Crippen molar-refractivity contribution < 1.29 is 13.2 Å². The van der Waals surface area contributed by atoms with Gasteiger partial charge in [0.25, 0.3) is 0 Å². The van der Waals surface area contributed by atoms with E-state index < -0.39 is 10.0 Å². The lowest BCUT2D eigenvalue weighted by molar-refractivity contribution is -0.487. The van der Waals surface area contributed by atoms with Crippen LogP contribution in [-0.2, 0) is 10.0 Å². The molecule has 0 N–H and O–H groups in total. The topological polar surface area (TPSA) is 63.5 Å². The minimum Gasteiger partial charge on any atom is -0.624 e. The molecule has 0 spiro atoms. The van der Waals surface area contributed by atoms with Gasteiger partial charge >= 0.3 is 0 Å². The van der Waals surface area contributed by atoms with Crippen LogP contribution in [0.4, 0.5) is 0 Å². The standard InChI is InChI=1S/C14H22N2O3S/c1-5-15(6-2)20(18,19)14-9-7-13(8-10-14)11-16(17)12(3)4/h7-12H,5-6H2,1-4H3/b16-11-. The van der Waals surface area contributed by atoms with E-state index >= 15 is 0 Å². The fourth-order valence-electron chi connectivity index (χ4n) is 1.73.